The number of aryl methyl sites for hydroxylation is 1. The van der Waals surface area contributed by atoms with E-state index in [4.69, 9.17) is 4.74 Å². The Bertz CT molecular complexity index is 1570. The zero-order valence-electron chi connectivity index (χ0n) is 22.2. The van der Waals surface area contributed by atoms with E-state index < -0.39 is 5.60 Å². The first-order valence-electron chi connectivity index (χ1n) is 13.0. The maximum Gasteiger partial charge on any atom is 0.410 e. The SMILES string of the molecule is CCn1cc(Cn2c(=O)n(C3CCN(C(=O)OC(C)(C)C)CC3)c(=O)c3sc(-c4ccccc4)cc32)cn1. The van der Waals surface area contributed by atoms with Crippen LogP contribution < -0.4 is 11.2 Å². The Morgan fingerprint density at radius 1 is 1.13 bits per heavy atom. The first-order chi connectivity index (χ1) is 18.1. The molecule has 4 aromatic rings. The smallest absolute Gasteiger partial charge is 0.410 e. The number of aromatic nitrogens is 4. The lowest BCUT2D eigenvalue weighted by Gasteiger charge is -2.34. The maximum absolute atomic E-state index is 13.9. The zero-order valence-corrected chi connectivity index (χ0v) is 23.0. The highest BCUT2D eigenvalue weighted by molar-refractivity contribution is 7.22. The molecular weight excluding hydrogens is 502 g/mol. The number of fused-ring (bicyclic) bond motifs is 1. The van der Waals surface area contributed by atoms with E-state index in [1.165, 1.54) is 15.9 Å². The Morgan fingerprint density at radius 2 is 1.84 bits per heavy atom. The van der Waals surface area contributed by atoms with Crippen LogP contribution in [-0.4, -0.2) is 48.6 Å². The molecule has 1 aliphatic rings. The number of piperidine rings is 1. The van der Waals surface area contributed by atoms with Gasteiger partial charge in [-0.05, 0) is 52.2 Å². The van der Waals surface area contributed by atoms with Gasteiger partial charge in [-0.15, -0.1) is 11.3 Å². The van der Waals surface area contributed by atoms with Gasteiger partial charge in [0.15, 0.2) is 0 Å². The van der Waals surface area contributed by atoms with E-state index in [1.54, 1.807) is 15.7 Å². The largest absolute Gasteiger partial charge is 0.444 e. The Morgan fingerprint density at radius 3 is 2.47 bits per heavy atom. The quantitative estimate of drug-likeness (QED) is 0.369. The Labute approximate surface area is 224 Å². The second kappa shape index (κ2) is 10.2. The van der Waals surface area contributed by atoms with E-state index in [-0.39, 0.29) is 23.4 Å². The highest BCUT2D eigenvalue weighted by Gasteiger charge is 2.30. The standard InChI is InChI=1S/C28H33N5O4S/c1-5-31-17-19(16-29-31)18-32-22-15-23(20-9-7-6-8-10-20)38-24(22)25(34)33(26(32)35)21-11-13-30(14-12-21)27(36)37-28(2,3)4/h6-10,15-17,21H,5,11-14,18H2,1-4H3. The number of thiophene rings is 1. The lowest BCUT2D eigenvalue weighted by molar-refractivity contribution is 0.0186. The van der Waals surface area contributed by atoms with Crippen LogP contribution in [0.4, 0.5) is 4.79 Å². The molecule has 9 nitrogen and oxygen atoms in total. The average molecular weight is 536 g/mol. The molecule has 38 heavy (non-hydrogen) atoms. The molecule has 1 fully saturated rings. The number of carbonyl (C=O) groups is 1. The molecule has 0 radical (unpaired) electrons. The maximum atomic E-state index is 13.9. The fraction of sp³-hybridized carbons (Fsp3) is 0.429. The molecule has 1 saturated heterocycles. The Kier molecular flexibility index (Phi) is 7.00. The fourth-order valence-corrected chi connectivity index (χ4v) is 5.96. The summed E-state index contributed by atoms with van der Waals surface area (Å²) in [5.74, 6) is 0. The molecular formula is C28H33N5O4S. The van der Waals surface area contributed by atoms with Crippen molar-refractivity contribution in [2.75, 3.05) is 13.1 Å². The van der Waals surface area contributed by atoms with Crippen LogP contribution in [0.1, 0.15) is 52.1 Å². The van der Waals surface area contributed by atoms with Crippen molar-refractivity contribution in [3.63, 3.8) is 0 Å². The summed E-state index contributed by atoms with van der Waals surface area (Å²) >= 11 is 1.41. The summed E-state index contributed by atoms with van der Waals surface area (Å²) in [6.07, 6.45) is 4.34. The molecule has 0 unspecified atom stereocenters. The highest BCUT2D eigenvalue weighted by Crippen LogP contribution is 2.32. The number of carbonyl (C=O) groups excluding carboxylic acids is 1. The van der Waals surface area contributed by atoms with Gasteiger partial charge in [0.1, 0.15) is 10.3 Å². The summed E-state index contributed by atoms with van der Waals surface area (Å²) in [6, 6.07) is 11.5. The molecule has 10 heteroatoms. The van der Waals surface area contributed by atoms with Gasteiger partial charge >= 0.3 is 11.8 Å². The Hall–Kier alpha value is -3.66. The molecule has 0 saturated carbocycles. The minimum absolute atomic E-state index is 0.270. The van der Waals surface area contributed by atoms with Gasteiger partial charge in [-0.1, -0.05) is 30.3 Å². The molecule has 4 heterocycles. The van der Waals surface area contributed by atoms with Gasteiger partial charge in [0, 0.05) is 42.3 Å². The lowest BCUT2D eigenvalue weighted by Crippen LogP contribution is -2.47. The zero-order chi connectivity index (χ0) is 27.0. The van der Waals surface area contributed by atoms with Crippen LogP contribution in [0.5, 0.6) is 0 Å². The summed E-state index contributed by atoms with van der Waals surface area (Å²) in [4.78, 5) is 42.9. The van der Waals surface area contributed by atoms with Crippen LogP contribution in [0.2, 0.25) is 0 Å². The van der Waals surface area contributed by atoms with Crippen LogP contribution >= 0.6 is 11.3 Å². The second-order valence-electron chi connectivity index (χ2n) is 10.6. The third-order valence-electron chi connectivity index (χ3n) is 6.74. The van der Waals surface area contributed by atoms with E-state index in [0.29, 0.717) is 42.7 Å². The summed E-state index contributed by atoms with van der Waals surface area (Å²) in [7, 11) is 0. The van der Waals surface area contributed by atoms with Crippen LogP contribution in [0.15, 0.2) is 58.4 Å². The van der Waals surface area contributed by atoms with Gasteiger partial charge in [0.2, 0.25) is 0 Å². The van der Waals surface area contributed by atoms with Crippen LogP contribution in [-0.2, 0) is 17.8 Å². The lowest BCUT2D eigenvalue weighted by atomic mass is 10.1. The van der Waals surface area contributed by atoms with Crippen molar-refractivity contribution in [2.24, 2.45) is 0 Å². The number of rotatable bonds is 5. The number of likely N-dealkylation sites (tertiary alicyclic amines) is 1. The minimum Gasteiger partial charge on any atom is -0.444 e. The molecule has 5 rings (SSSR count). The first-order valence-corrected chi connectivity index (χ1v) is 13.8. The van der Waals surface area contributed by atoms with Crippen molar-refractivity contribution in [1.82, 2.24) is 23.8 Å². The van der Waals surface area contributed by atoms with E-state index in [1.807, 2.05) is 75.0 Å². The van der Waals surface area contributed by atoms with Crippen LogP contribution in [0, 0.1) is 0 Å². The molecule has 200 valence electrons. The van der Waals surface area contributed by atoms with E-state index >= 15 is 0 Å². The van der Waals surface area contributed by atoms with Crippen molar-refractivity contribution in [3.05, 3.63) is 75.2 Å². The normalized spacial score (nSPS) is 14.8. The molecule has 1 amide bonds. The molecule has 1 aromatic carbocycles. The van der Waals surface area contributed by atoms with Crippen molar-refractivity contribution >= 4 is 27.6 Å². The number of hydrogen-bond acceptors (Lipinski definition) is 6. The third kappa shape index (κ3) is 5.18. The number of benzene rings is 1. The summed E-state index contributed by atoms with van der Waals surface area (Å²) in [5, 5.41) is 4.36. The van der Waals surface area contributed by atoms with E-state index in [9.17, 15) is 14.4 Å². The average Bonchev–Trinajstić information content (AvgIpc) is 3.54. The molecule has 0 spiro atoms. The topological polar surface area (TPSA) is 91.4 Å². The molecule has 0 N–H and O–H groups in total. The molecule has 0 atom stereocenters. The first kappa shape index (κ1) is 26.0. The summed E-state index contributed by atoms with van der Waals surface area (Å²) < 4.78 is 11.0. The van der Waals surface area contributed by atoms with Gasteiger partial charge in [-0.2, -0.15) is 5.10 Å². The van der Waals surface area contributed by atoms with E-state index in [0.717, 1.165) is 22.5 Å². The monoisotopic (exact) mass is 535 g/mol. The minimum atomic E-state index is -0.579. The predicted octanol–water partition coefficient (Wildman–Crippen LogP) is 4.73. The predicted molar refractivity (Wildman–Crippen MR) is 149 cm³/mol. The number of hydrogen-bond donors (Lipinski definition) is 0. The highest BCUT2D eigenvalue weighted by atomic mass is 32.1. The summed E-state index contributed by atoms with van der Waals surface area (Å²) in [6.45, 7) is 9.42. The fourth-order valence-electron chi connectivity index (χ4n) is 4.86. The second-order valence-corrected chi connectivity index (χ2v) is 11.7. The molecule has 0 bridgehead atoms. The number of ether oxygens (including phenoxy) is 1. The van der Waals surface area contributed by atoms with Crippen molar-refractivity contribution in [2.45, 2.75) is 65.3 Å². The third-order valence-corrected chi connectivity index (χ3v) is 7.91. The summed E-state index contributed by atoms with van der Waals surface area (Å²) in [5.41, 5.74) is 1.35. The molecule has 0 aliphatic carbocycles. The van der Waals surface area contributed by atoms with Gasteiger partial charge in [-0.25, -0.2) is 9.59 Å². The van der Waals surface area contributed by atoms with Gasteiger partial charge in [0.25, 0.3) is 5.56 Å². The molecule has 3 aromatic heterocycles. The van der Waals surface area contributed by atoms with Gasteiger partial charge < -0.3 is 9.64 Å². The number of amides is 1. The van der Waals surface area contributed by atoms with Crippen molar-refractivity contribution in [3.8, 4) is 10.4 Å². The van der Waals surface area contributed by atoms with Crippen molar-refractivity contribution < 1.29 is 9.53 Å². The van der Waals surface area contributed by atoms with E-state index in [2.05, 4.69) is 5.10 Å². The Balaban J connectivity index is 1.54. The van der Waals surface area contributed by atoms with Crippen LogP contribution in [0.3, 0.4) is 0 Å². The number of nitrogens with zero attached hydrogens (tertiary/aromatic N) is 5. The molecule has 1 aliphatic heterocycles. The van der Waals surface area contributed by atoms with Gasteiger partial charge in [0.05, 0.1) is 18.3 Å². The van der Waals surface area contributed by atoms with Crippen molar-refractivity contribution in [1.29, 1.82) is 0 Å². The van der Waals surface area contributed by atoms with Crippen LogP contribution in [0.25, 0.3) is 20.7 Å². The van der Waals surface area contributed by atoms with Gasteiger partial charge in [-0.3, -0.25) is 18.6 Å².